The highest BCUT2D eigenvalue weighted by molar-refractivity contribution is 5.75. The van der Waals surface area contributed by atoms with Crippen molar-refractivity contribution >= 4 is 12.0 Å². The van der Waals surface area contributed by atoms with Crippen LogP contribution >= 0.6 is 0 Å². The first-order valence-electron chi connectivity index (χ1n) is 8.81. The van der Waals surface area contributed by atoms with E-state index in [-0.39, 0.29) is 18.1 Å². The van der Waals surface area contributed by atoms with E-state index in [0.29, 0.717) is 6.54 Å². The quantitative estimate of drug-likeness (QED) is 0.757. The summed E-state index contributed by atoms with van der Waals surface area (Å²) in [5, 5.41) is 12.0. The first kappa shape index (κ1) is 19.2. The van der Waals surface area contributed by atoms with E-state index in [1.54, 1.807) is 14.0 Å². The zero-order valence-corrected chi connectivity index (χ0v) is 15.4. The van der Waals surface area contributed by atoms with Gasteiger partial charge in [0.2, 0.25) is 0 Å². The molecule has 2 rings (SSSR count). The number of carbonyl (C=O) groups excluding carboxylic acids is 1. The Hall–Kier alpha value is -2.08. The van der Waals surface area contributed by atoms with Gasteiger partial charge in [-0.15, -0.1) is 0 Å². The molecular weight excluding hydrogens is 318 g/mol. The van der Waals surface area contributed by atoms with Crippen LogP contribution in [0.2, 0.25) is 0 Å². The SMILES string of the molecule is CC(CN(C)C(=O)NCC1(N(C)Cc2ccccc2)CCC1)C(=O)O. The molecule has 25 heavy (non-hydrogen) atoms. The van der Waals surface area contributed by atoms with Crippen LogP contribution in [0.25, 0.3) is 0 Å². The summed E-state index contributed by atoms with van der Waals surface area (Å²) >= 11 is 0. The Morgan fingerprint density at radius 3 is 2.40 bits per heavy atom. The van der Waals surface area contributed by atoms with E-state index in [1.807, 2.05) is 18.2 Å². The number of urea groups is 1. The van der Waals surface area contributed by atoms with Crippen molar-refractivity contribution in [2.75, 3.05) is 27.2 Å². The van der Waals surface area contributed by atoms with Gasteiger partial charge in [0.25, 0.3) is 0 Å². The van der Waals surface area contributed by atoms with Crippen LogP contribution in [0.3, 0.4) is 0 Å². The van der Waals surface area contributed by atoms with Crippen molar-refractivity contribution in [1.82, 2.24) is 15.1 Å². The molecule has 6 heteroatoms. The number of aliphatic carboxylic acids is 1. The van der Waals surface area contributed by atoms with E-state index >= 15 is 0 Å². The molecule has 1 atom stereocenters. The van der Waals surface area contributed by atoms with Crippen LogP contribution in [0.5, 0.6) is 0 Å². The topological polar surface area (TPSA) is 72.9 Å². The van der Waals surface area contributed by atoms with E-state index in [2.05, 4.69) is 29.4 Å². The summed E-state index contributed by atoms with van der Waals surface area (Å²) in [4.78, 5) is 27.0. The van der Waals surface area contributed by atoms with Gasteiger partial charge in [-0.05, 0) is 31.9 Å². The van der Waals surface area contributed by atoms with Crippen molar-refractivity contribution in [3.05, 3.63) is 35.9 Å². The molecular formula is C19H29N3O3. The molecule has 0 bridgehead atoms. The Bertz CT molecular complexity index is 587. The summed E-state index contributed by atoms with van der Waals surface area (Å²) in [6.45, 7) is 3.24. The Labute approximate surface area is 149 Å². The molecule has 1 unspecified atom stereocenters. The third-order valence-electron chi connectivity index (χ3n) is 5.24. The molecule has 0 aromatic heterocycles. The second-order valence-electron chi connectivity index (χ2n) is 7.20. The van der Waals surface area contributed by atoms with E-state index in [9.17, 15) is 9.59 Å². The molecule has 1 aromatic rings. The smallest absolute Gasteiger partial charge is 0.317 e. The van der Waals surface area contributed by atoms with Gasteiger partial charge in [0.15, 0.2) is 0 Å². The van der Waals surface area contributed by atoms with Gasteiger partial charge in [0.1, 0.15) is 0 Å². The number of hydrogen-bond donors (Lipinski definition) is 2. The Kier molecular flexibility index (Phi) is 6.42. The summed E-state index contributed by atoms with van der Waals surface area (Å²) in [7, 11) is 3.74. The third-order valence-corrected chi connectivity index (χ3v) is 5.24. The summed E-state index contributed by atoms with van der Waals surface area (Å²) < 4.78 is 0. The van der Waals surface area contributed by atoms with Crippen molar-refractivity contribution in [3.8, 4) is 0 Å². The average molecular weight is 347 g/mol. The molecule has 0 aliphatic heterocycles. The van der Waals surface area contributed by atoms with Crippen LogP contribution in [-0.4, -0.2) is 59.6 Å². The van der Waals surface area contributed by atoms with E-state index in [4.69, 9.17) is 5.11 Å². The number of likely N-dealkylation sites (N-methyl/N-ethyl adjacent to an activating group) is 1. The fourth-order valence-corrected chi connectivity index (χ4v) is 3.25. The van der Waals surface area contributed by atoms with E-state index in [1.165, 1.54) is 16.9 Å². The molecule has 1 saturated carbocycles. The maximum absolute atomic E-state index is 12.3. The monoisotopic (exact) mass is 347 g/mol. The van der Waals surface area contributed by atoms with Crippen LogP contribution in [0.4, 0.5) is 4.79 Å². The predicted octanol–water partition coefficient (Wildman–Crippen LogP) is 2.40. The number of rotatable bonds is 8. The van der Waals surface area contributed by atoms with Gasteiger partial charge in [-0.1, -0.05) is 37.3 Å². The summed E-state index contributed by atoms with van der Waals surface area (Å²) in [5.74, 6) is -1.47. The first-order valence-corrected chi connectivity index (χ1v) is 8.81. The Morgan fingerprint density at radius 1 is 1.24 bits per heavy atom. The molecule has 0 heterocycles. The minimum absolute atomic E-state index is 0.00917. The lowest BCUT2D eigenvalue weighted by Gasteiger charge is -2.49. The third kappa shape index (κ3) is 4.95. The fraction of sp³-hybridized carbons (Fsp3) is 0.579. The fourth-order valence-electron chi connectivity index (χ4n) is 3.25. The van der Waals surface area contributed by atoms with Crippen LogP contribution < -0.4 is 5.32 Å². The highest BCUT2D eigenvalue weighted by atomic mass is 16.4. The Morgan fingerprint density at radius 2 is 1.88 bits per heavy atom. The predicted molar refractivity (Wildman–Crippen MR) is 97.3 cm³/mol. The minimum Gasteiger partial charge on any atom is -0.481 e. The lowest BCUT2D eigenvalue weighted by atomic mass is 9.75. The summed E-state index contributed by atoms with van der Waals surface area (Å²) in [5.41, 5.74) is 1.25. The lowest BCUT2D eigenvalue weighted by Crippen LogP contribution is -2.59. The van der Waals surface area contributed by atoms with Crippen LogP contribution in [-0.2, 0) is 11.3 Å². The average Bonchev–Trinajstić information content (AvgIpc) is 2.54. The number of nitrogens with one attached hydrogen (secondary N) is 1. The second kappa shape index (κ2) is 8.34. The minimum atomic E-state index is -0.891. The molecule has 2 N–H and O–H groups in total. The molecule has 0 radical (unpaired) electrons. The Balaban J connectivity index is 1.88. The molecule has 1 aliphatic carbocycles. The van der Waals surface area contributed by atoms with Gasteiger partial charge in [-0.2, -0.15) is 0 Å². The summed E-state index contributed by atoms with van der Waals surface area (Å²) in [6, 6.07) is 10.1. The normalized spacial score (nSPS) is 16.8. The van der Waals surface area contributed by atoms with Crippen molar-refractivity contribution in [2.45, 2.75) is 38.3 Å². The first-order chi connectivity index (χ1) is 11.8. The largest absolute Gasteiger partial charge is 0.481 e. The molecule has 1 fully saturated rings. The molecule has 6 nitrogen and oxygen atoms in total. The van der Waals surface area contributed by atoms with Gasteiger partial charge >= 0.3 is 12.0 Å². The number of carboxylic acid groups (broad SMARTS) is 1. The molecule has 1 aromatic carbocycles. The van der Waals surface area contributed by atoms with Crippen LogP contribution in [0, 0.1) is 5.92 Å². The standard InChI is InChI=1S/C19H29N3O3/c1-15(17(23)24)12-21(2)18(25)20-14-19(10-7-11-19)22(3)13-16-8-5-4-6-9-16/h4-6,8-9,15H,7,10-14H2,1-3H3,(H,20,25)(H,23,24). The van der Waals surface area contributed by atoms with E-state index in [0.717, 1.165) is 19.4 Å². The van der Waals surface area contributed by atoms with Gasteiger partial charge in [-0.25, -0.2) is 4.79 Å². The summed E-state index contributed by atoms with van der Waals surface area (Å²) in [6.07, 6.45) is 3.29. The maximum atomic E-state index is 12.3. The van der Waals surface area contributed by atoms with Crippen molar-refractivity contribution in [1.29, 1.82) is 0 Å². The number of carbonyl (C=O) groups is 2. The van der Waals surface area contributed by atoms with Crippen molar-refractivity contribution in [3.63, 3.8) is 0 Å². The van der Waals surface area contributed by atoms with Crippen molar-refractivity contribution < 1.29 is 14.7 Å². The maximum Gasteiger partial charge on any atom is 0.317 e. The molecule has 138 valence electrons. The van der Waals surface area contributed by atoms with Crippen LogP contribution in [0.15, 0.2) is 30.3 Å². The van der Waals surface area contributed by atoms with Crippen LogP contribution in [0.1, 0.15) is 31.7 Å². The number of nitrogens with zero attached hydrogens (tertiary/aromatic N) is 2. The van der Waals surface area contributed by atoms with E-state index < -0.39 is 11.9 Å². The highest BCUT2D eigenvalue weighted by Crippen LogP contribution is 2.37. The number of carboxylic acids is 1. The molecule has 0 saturated heterocycles. The molecule has 0 spiro atoms. The van der Waals surface area contributed by atoms with Gasteiger partial charge in [0.05, 0.1) is 5.92 Å². The second-order valence-corrected chi connectivity index (χ2v) is 7.20. The lowest BCUT2D eigenvalue weighted by molar-refractivity contribution is -0.141. The number of amides is 2. The van der Waals surface area contributed by atoms with Gasteiger partial charge in [-0.3, -0.25) is 9.69 Å². The van der Waals surface area contributed by atoms with Gasteiger partial charge in [0, 0.05) is 32.2 Å². The van der Waals surface area contributed by atoms with Gasteiger partial charge < -0.3 is 15.3 Å². The molecule has 2 amide bonds. The highest BCUT2D eigenvalue weighted by Gasteiger charge is 2.41. The molecule has 1 aliphatic rings. The number of hydrogen-bond acceptors (Lipinski definition) is 3. The zero-order chi connectivity index (χ0) is 18.4. The number of benzene rings is 1. The zero-order valence-electron chi connectivity index (χ0n) is 15.4. The van der Waals surface area contributed by atoms with Crippen molar-refractivity contribution in [2.24, 2.45) is 5.92 Å².